The number of aromatic nitrogens is 4. The van der Waals surface area contributed by atoms with Gasteiger partial charge in [0.15, 0.2) is 11.0 Å². The predicted molar refractivity (Wildman–Crippen MR) is 120 cm³/mol. The molecule has 33 heavy (non-hydrogen) atoms. The molecule has 0 fully saturated rings. The molecular formula is C22H15ClF3N5OS. The van der Waals surface area contributed by atoms with Gasteiger partial charge in [-0.3, -0.25) is 14.3 Å². The van der Waals surface area contributed by atoms with E-state index in [-0.39, 0.29) is 16.5 Å². The molecule has 168 valence electrons. The van der Waals surface area contributed by atoms with Gasteiger partial charge in [0.2, 0.25) is 5.91 Å². The van der Waals surface area contributed by atoms with Crippen molar-refractivity contribution in [2.75, 3.05) is 11.1 Å². The Kier molecular flexibility index (Phi) is 6.66. The van der Waals surface area contributed by atoms with Crippen molar-refractivity contribution in [1.82, 2.24) is 19.7 Å². The third-order valence-electron chi connectivity index (χ3n) is 4.47. The molecular weight excluding hydrogens is 475 g/mol. The number of anilines is 1. The number of halogens is 4. The number of nitrogens with zero attached hydrogens (tertiary/aromatic N) is 4. The maximum absolute atomic E-state index is 13.0. The number of para-hydroxylation sites is 1. The van der Waals surface area contributed by atoms with Gasteiger partial charge >= 0.3 is 6.18 Å². The summed E-state index contributed by atoms with van der Waals surface area (Å²) < 4.78 is 40.7. The molecule has 0 saturated heterocycles. The average Bonchev–Trinajstić information content (AvgIpc) is 3.23. The minimum Gasteiger partial charge on any atom is -0.324 e. The van der Waals surface area contributed by atoms with Crippen LogP contribution < -0.4 is 5.32 Å². The van der Waals surface area contributed by atoms with E-state index in [1.165, 1.54) is 0 Å². The van der Waals surface area contributed by atoms with Gasteiger partial charge in [-0.15, -0.1) is 10.2 Å². The molecule has 1 amide bonds. The summed E-state index contributed by atoms with van der Waals surface area (Å²) in [6, 6.07) is 15.7. The van der Waals surface area contributed by atoms with Crippen molar-refractivity contribution >= 4 is 35.0 Å². The first-order chi connectivity index (χ1) is 15.8. The van der Waals surface area contributed by atoms with E-state index < -0.39 is 17.6 Å². The van der Waals surface area contributed by atoms with E-state index in [0.29, 0.717) is 11.0 Å². The van der Waals surface area contributed by atoms with Crippen LogP contribution >= 0.6 is 23.4 Å². The van der Waals surface area contributed by atoms with Gasteiger partial charge < -0.3 is 5.32 Å². The maximum Gasteiger partial charge on any atom is 0.416 e. The van der Waals surface area contributed by atoms with Gasteiger partial charge in [0.1, 0.15) is 0 Å². The molecule has 2 heterocycles. The molecule has 2 aromatic heterocycles. The Morgan fingerprint density at radius 1 is 1.06 bits per heavy atom. The van der Waals surface area contributed by atoms with Crippen LogP contribution in [0.4, 0.5) is 18.9 Å². The first kappa shape index (κ1) is 22.8. The van der Waals surface area contributed by atoms with Crippen molar-refractivity contribution in [3.8, 4) is 17.1 Å². The van der Waals surface area contributed by atoms with E-state index in [0.717, 1.165) is 41.2 Å². The zero-order chi connectivity index (χ0) is 23.4. The molecule has 6 nitrogen and oxygen atoms in total. The van der Waals surface area contributed by atoms with Crippen LogP contribution in [0.1, 0.15) is 5.56 Å². The number of alkyl halides is 3. The van der Waals surface area contributed by atoms with Gasteiger partial charge in [-0.05, 0) is 42.5 Å². The highest BCUT2D eigenvalue weighted by molar-refractivity contribution is 7.99. The Bertz CT molecular complexity index is 1270. The molecule has 4 aromatic rings. The lowest BCUT2D eigenvalue weighted by molar-refractivity contribution is -0.137. The van der Waals surface area contributed by atoms with E-state index in [1.807, 2.05) is 36.4 Å². The molecule has 4 rings (SSSR count). The highest BCUT2D eigenvalue weighted by Crippen LogP contribution is 2.34. The largest absolute Gasteiger partial charge is 0.416 e. The smallest absolute Gasteiger partial charge is 0.324 e. The van der Waals surface area contributed by atoms with E-state index in [4.69, 9.17) is 11.6 Å². The molecule has 0 aliphatic carbocycles. The van der Waals surface area contributed by atoms with Gasteiger partial charge in [0.25, 0.3) is 0 Å². The number of benzene rings is 2. The fourth-order valence-electron chi connectivity index (χ4n) is 2.97. The summed E-state index contributed by atoms with van der Waals surface area (Å²) in [6.07, 6.45) is -1.25. The van der Waals surface area contributed by atoms with Crippen LogP contribution in [0, 0.1) is 0 Å². The highest BCUT2D eigenvalue weighted by Gasteiger charge is 2.31. The number of carbonyl (C=O) groups is 1. The third-order valence-corrected chi connectivity index (χ3v) is 5.73. The van der Waals surface area contributed by atoms with Gasteiger partial charge in [-0.25, -0.2) is 0 Å². The molecule has 0 saturated carbocycles. The Morgan fingerprint density at radius 3 is 2.55 bits per heavy atom. The number of carbonyl (C=O) groups excluding carboxylic acids is 1. The SMILES string of the molecule is O=C(CSc1nnc(-c2cccnc2)n1-c1ccccc1)Nc1cc(C(F)(F)F)ccc1Cl. The maximum atomic E-state index is 13.0. The minimum absolute atomic E-state index is 0.00710. The monoisotopic (exact) mass is 489 g/mol. The first-order valence-corrected chi connectivity index (χ1v) is 10.9. The van der Waals surface area contributed by atoms with E-state index in [2.05, 4.69) is 20.5 Å². The van der Waals surface area contributed by atoms with Crippen molar-refractivity contribution in [3.05, 3.63) is 83.6 Å². The molecule has 11 heteroatoms. The number of nitrogens with one attached hydrogen (secondary N) is 1. The van der Waals surface area contributed by atoms with Crippen LogP contribution in [0.2, 0.25) is 5.02 Å². The Balaban J connectivity index is 1.56. The van der Waals surface area contributed by atoms with Crippen LogP contribution in [0.5, 0.6) is 0 Å². The lowest BCUT2D eigenvalue weighted by Crippen LogP contribution is -2.16. The summed E-state index contributed by atoms with van der Waals surface area (Å²) in [5.41, 5.74) is 0.503. The Labute approximate surface area is 195 Å². The molecule has 0 bridgehead atoms. The fraction of sp³-hybridized carbons (Fsp3) is 0.0909. The summed E-state index contributed by atoms with van der Waals surface area (Å²) in [7, 11) is 0. The molecule has 0 aliphatic heterocycles. The Morgan fingerprint density at radius 2 is 1.85 bits per heavy atom. The zero-order valence-electron chi connectivity index (χ0n) is 16.8. The normalized spacial score (nSPS) is 11.4. The van der Waals surface area contributed by atoms with Gasteiger partial charge in [0.05, 0.1) is 22.0 Å². The zero-order valence-corrected chi connectivity index (χ0v) is 18.3. The number of hydrogen-bond acceptors (Lipinski definition) is 5. The van der Waals surface area contributed by atoms with Crippen LogP contribution in [0.15, 0.2) is 78.2 Å². The fourth-order valence-corrected chi connectivity index (χ4v) is 3.89. The molecule has 0 aliphatic rings. The van der Waals surface area contributed by atoms with Crippen molar-refractivity contribution in [2.45, 2.75) is 11.3 Å². The van der Waals surface area contributed by atoms with Crippen LogP contribution in [0.25, 0.3) is 17.1 Å². The van der Waals surface area contributed by atoms with E-state index in [1.54, 1.807) is 23.0 Å². The Hall–Kier alpha value is -3.37. The first-order valence-electron chi connectivity index (χ1n) is 9.53. The third kappa shape index (κ3) is 5.35. The quantitative estimate of drug-likeness (QED) is 0.350. The molecule has 0 unspecified atom stereocenters. The van der Waals surface area contributed by atoms with E-state index in [9.17, 15) is 18.0 Å². The summed E-state index contributed by atoms with van der Waals surface area (Å²) in [6.45, 7) is 0. The molecule has 0 atom stereocenters. The standard InChI is InChI=1S/C22H15ClF3N5OS/c23-17-9-8-15(22(24,25)26)11-18(17)28-19(32)13-33-21-30-29-20(14-5-4-10-27-12-14)31(21)16-6-2-1-3-7-16/h1-12H,13H2,(H,28,32). The lowest BCUT2D eigenvalue weighted by atomic mass is 10.2. The summed E-state index contributed by atoms with van der Waals surface area (Å²) in [5.74, 6) is -0.116. The molecule has 1 N–H and O–H groups in total. The molecule has 0 radical (unpaired) electrons. The topological polar surface area (TPSA) is 72.7 Å². The predicted octanol–water partition coefficient (Wildman–Crippen LogP) is 5.73. The number of pyridine rings is 1. The van der Waals surface area contributed by atoms with Gasteiger partial charge in [-0.1, -0.05) is 41.6 Å². The summed E-state index contributed by atoms with van der Waals surface area (Å²) in [5, 5.41) is 11.3. The summed E-state index contributed by atoms with van der Waals surface area (Å²) >= 11 is 7.05. The van der Waals surface area contributed by atoms with Crippen molar-refractivity contribution in [1.29, 1.82) is 0 Å². The van der Waals surface area contributed by atoms with Gasteiger partial charge in [0, 0.05) is 23.6 Å². The number of amides is 1. The molecule has 2 aromatic carbocycles. The van der Waals surface area contributed by atoms with Crippen LogP contribution in [-0.2, 0) is 11.0 Å². The van der Waals surface area contributed by atoms with Crippen LogP contribution in [0.3, 0.4) is 0 Å². The van der Waals surface area contributed by atoms with Crippen molar-refractivity contribution in [2.24, 2.45) is 0 Å². The minimum atomic E-state index is -4.55. The number of rotatable bonds is 6. The number of thioether (sulfide) groups is 1. The van der Waals surface area contributed by atoms with Crippen molar-refractivity contribution in [3.63, 3.8) is 0 Å². The second-order valence-electron chi connectivity index (χ2n) is 6.75. The number of hydrogen-bond donors (Lipinski definition) is 1. The molecule has 0 spiro atoms. The lowest BCUT2D eigenvalue weighted by Gasteiger charge is -2.12. The van der Waals surface area contributed by atoms with Crippen LogP contribution in [-0.4, -0.2) is 31.4 Å². The van der Waals surface area contributed by atoms with E-state index >= 15 is 0 Å². The second-order valence-corrected chi connectivity index (χ2v) is 8.10. The summed E-state index contributed by atoms with van der Waals surface area (Å²) in [4.78, 5) is 16.6. The van der Waals surface area contributed by atoms with Gasteiger partial charge in [-0.2, -0.15) is 13.2 Å². The average molecular weight is 490 g/mol. The highest BCUT2D eigenvalue weighted by atomic mass is 35.5. The van der Waals surface area contributed by atoms with Crippen molar-refractivity contribution < 1.29 is 18.0 Å². The second kappa shape index (κ2) is 9.63.